The minimum absolute atomic E-state index is 0.207. The summed E-state index contributed by atoms with van der Waals surface area (Å²) >= 11 is 0. The average Bonchev–Trinajstić information content (AvgIpc) is 2.99. The highest BCUT2D eigenvalue weighted by molar-refractivity contribution is 5.37. The monoisotopic (exact) mass is 211 g/mol. The lowest BCUT2D eigenvalue weighted by molar-refractivity contribution is 0.542. The minimum Gasteiger partial charge on any atom is -0.330 e. The van der Waals surface area contributed by atoms with Gasteiger partial charge in [-0.15, -0.1) is 0 Å². The van der Waals surface area contributed by atoms with E-state index in [0.717, 1.165) is 18.9 Å². The van der Waals surface area contributed by atoms with Crippen LogP contribution in [0, 0.1) is 11.6 Å². The maximum Gasteiger partial charge on any atom is 0.129 e. The lowest BCUT2D eigenvalue weighted by Crippen LogP contribution is -2.21. The second kappa shape index (κ2) is 3.56. The van der Waals surface area contributed by atoms with Crippen LogP contribution >= 0.6 is 0 Å². The number of nitrogens with two attached hydrogens (primary N) is 1. The summed E-state index contributed by atoms with van der Waals surface area (Å²) in [5.74, 6) is -0.903. The van der Waals surface area contributed by atoms with Gasteiger partial charge in [0.1, 0.15) is 11.6 Å². The molecule has 0 aromatic heterocycles. The van der Waals surface area contributed by atoms with Crippen LogP contribution in [-0.4, -0.2) is 6.54 Å². The van der Waals surface area contributed by atoms with Crippen molar-refractivity contribution in [1.29, 1.82) is 0 Å². The molecule has 2 N–H and O–H groups in total. The first-order valence-electron chi connectivity index (χ1n) is 5.31. The maximum absolute atomic E-state index is 13.6. The Kier molecular flexibility index (Phi) is 2.51. The highest BCUT2D eigenvalue weighted by Crippen LogP contribution is 2.48. The normalized spacial score (nSPS) is 17.9. The average molecular weight is 211 g/mol. The quantitative estimate of drug-likeness (QED) is 0.816. The van der Waals surface area contributed by atoms with Gasteiger partial charge in [-0.1, -0.05) is 6.92 Å². The fourth-order valence-corrected chi connectivity index (χ4v) is 2.01. The molecule has 0 spiro atoms. The van der Waals surface area contributed by atoms with Gasteiger partial charge in [-0.3, -0.25) is 0 Å². The summed E-state index contributed by atoms with van der Waals surface area (Å²) < 4.78 is 26.9. The van der Waals surface area contributed by atoms with E-state index in [1.165, 1.54) is 0 Å². The van der Waals surface area contributed by atoms with Crippen molar-refractivity contribution in [3.05, 3.63) is 34.9 Å². The predicted octanol–water partition coefficient (Wildman–Crippen LogP) is 2.52. The summed E-state index contributed by atoms with van der Waals surface area (Å²) in [5.41, 5.74) is 6.61. The van der Waals surface area contributed by atoms with Gasteiger partial charge >= 0.3 is 0 Å². The fourth-order valence-electron chi connectivity index (χ4n) is 2.01. The Morgan fingerprint density at radius 3 is 2.40 bits per heavy atom. The van der Waals surface area contributed by atoms with Crippen LogP contribution in [0.15, 0.2) is 12.1 Å². The third-order valence-corrected chi connectivity index (χ3v) is 3.33. The summed E-state index contributed by atoms with van der Waals surface area (Å²) in [6, 6.07) is 2.63. The topological polar surface area (TPSA) is 26.0 Å². The molecule has 0 heterocycles. The van der Waals surface area contributed by atoms with Crippen molar-refractivity contribution in [1.82, 2.24) is 0 Å². The van der Waals surface area contributed by atoms with Crippen LogP contribution in [0.1, 0.15) is 30.9 Å². The van der Waals surface area contributed by atoms with Crippen LogP contribution in [0.5, 0.6) is 0 Å². The summed E-state index contributed by atoms with van der Waals surface area (Å²) in [6.07, 6.45) is 2.41. The molecule has 0 unspecified atom stereocenters. The summed E-state index contributed by atoms with van der Waals surface area (Å²) in [6.45, 7) is 2.31. The van der Waals surface area contributed by atoms with Crippen LogP contribution < -0.4 is 5.73 Å². The molecule has 1 aliphatic carbocycles. The molecule has 0 bridgehead atoms. The van der Waals surface area contributed by atoms with Gasteiger partial charge in [-0.25, -0.2) is 8.78 Å². The molecule has 3 heteroatoms. The Morgan fingerprint density at radius 2 is 1.93 bits per heavy atom. The molecule has 0 radical (unpaired) electrons. The van der Waals surface area contributed by atoms with E-state index in [9.17, 15) is 8.78 Å². The van der Waals surface area contributed by atoms with E-state index in [1.807, 2.05) is 6.92 Å². The van der Waals surface area contributed by atoms with Crippen molar-refractivity contribution in [3.63, 3.8) is 0 Å². The standard InChI is InChI=1S/C12H15F2N/c1-2-8-5-9(11(14)6-10(8)13)12(7-15)3-4-12/h5-6H,2-4,7,15H2,1H3. The third kappa shape index (κ3) is 1.65. The maximum atomic E-state index is 13.6. The van der Waals surface area contributed by atoms with Gasteiger partial charge in [0, 0.05) is 18.0 Å². The van der Waals surface area contributed by atoms with E-state index in [1.54, 1.807) is 6.07 Å². The summed E-state index contributed by atoms with van der Waals surface area (Å²) in [5, 5.41) is 0. The molecule has 82 valence electrons. The van der Waals surface area contributed by atoms with E-state index < -0.39 is 11.6 Å². The van der Waals surface area contributed by atoms with E-state index >= 15 is 0 Å². The van der Waals surface area contributed by atoms with Crippen molar-refractivity contribution < 1.29 is 8.78 Å². The molecule has 1 fully saturated rings. The van der Waals surface area contributed by atoms with Crippen LogP contribution in [0.4, 0.5) is 8.78 Å². The minimum atomic E-state index is -0.452. The van der Waals surface area contributed by atoms with Gasteiger partial charge in [0.2, 0.25) is 0 Å². The molecule has 0 atom stereocenters. The Hall–Kier alpha value is -0.960. The molecule has 1 saturated carbocycles. The van der Waals surface area contributed by atoms with Gasteiger partial charge in [0.05, 0.1) is 0 Å². The number of benzene rings is 1. The second-order valence-electron chi connectivity index (χ2n) is 4.26. The number of rotatable bonds is 3. The zero-order chi connectivity index (χ0) is 11.1. The first kappa shape index (κ1) is 10.6. The van der Waals surface area contributed by atoms with Crippen LogP contribution in [0.2, 0.25) is 0 Å². The molecule has 0 saturated heterocycles. The van der Waals surface area contributed by atoms with Crippen molar-refractivity contribution in [2.24, 2.45) is 5.73 Å². The van der Waals surface area contributed by atoms with Gasteiger partial charge in [-0.05, 0) is 36.5 Å². The number of hydrogen-bond donors (Lipinski definition) is 1. The highest BCUT2D eigenvalue weighted by Gasteiger charge is 2.44. The molecule has 1 aromatic carbocycles. The number of halogens is 2. The molecule has 0 amide bonds. The largest absolute Gasteiger partial charge is 0.330 e. The van der Waals surface area contributed by atoms with E-state index in [2.05, 4.69) is 0 Å². The molecular formula is C12H15F2N. The van der Waals surface area contributed by atoms with E-state index in [4.69, 9.17) is 5.73 Å². The predicted molar refractivity (Wildman–Crippen MR) is 55.7 cm³/mol. The first-order valence-corrected chi connectivity index (χ1v) is 5.31. The molecule has 1 aromatic rings. The third-order valence-electron chi connectivity index (χ3n) is 3.33. The Balaban J connectivity index is 2.47. The fraction of sp³-hybridized carbons (Fsp3) is 0.500. The molecule has 1 nitrogen and oxygen atoms in total. The lowest BCUT2D eigenvalue weighted by atomic mass is 9.93. The Morgan fingerprint density at radius 1 is 1.27 bits per heavy atom. The zero-order valence-corrected chi connectivity index (χ0v) is 8.82. The molecule has 0 aliphatic heterocycles. The highest BCUT2D eigenvalue weighted by atomic mass is 19.1. The zero-order valence-electron chi connectivity index (χ0n) is 8.82. The number of aryl methyl sites for hydroxylation is 1. The summed E-state index contributed by atoms with van der Waals surface area (Å²) in [7, 11) is 0. The number of hydrogen-bond acceptors (Lipinski definition) is 1. The lowest BCUT2D eigenvalue weighted by Gasteiger charge is -2.15. The molecule has 15 heavy (non-hydrogen) atoms. The Labute approximate surface area is 88.3 Å². The van der Waals surface area contributed by atoms with E-state index in [0.29, 0.717) is 24.1 Å². The summed E-state index contributed by atoms with van der Waals surface area (Å²) in [4.78, 5) is 0. The van der Waals surface area contributed by atoms with Crippen LogP contribution in [0.25, 0.3) is 0 Å². The second-order valence-corrected chi connectivity index (χ2v) is 4.26. The van der Waals surface area contributed by atoms with Gasteiger partial charge < -0.3 is 5.73 Å². The van der Waals surface area contributed by atoms with Gasteiger partial charge in [0.25, 0.3) is 0 Å². The molecule has 1 aliphatic rings. The van der Waals surface area contributed by atoms with E-state index in [-0.39, 0.29) is 5.41 Å². The van der Waals surface area contributed by atoms with Crippen molar-refractivity contribution in [2.75, 3.05) is 6.54 Å². The first-order chi connectivity index (χ1) is 7.13. The Bertz CT molecular complexity index is 383. The van der Waals surface area contributed by atoms with Crippen LogP contribution in [0.3, 0.4) is 0 Å². The van der Waals surface area contributed by atoms with Crippen molar-refractivity contribution in [3.8, 4) is 0 Å². The molecular weight excluding hydrogens is 196 g/mol. The van der Waals surface area contributed by atoms with Crippen molar-refractivity contribution >= 4 is 0 Å². The van der Waals surface area contributed by atoms with Crippen LogP contribution in [-0.2, 0) is 11.8 Å². The van der Waals surface area contributed by atoms with Gasteiger partial charge in [0.15, 0.2) is 0 Å². The molecule has 2 rings (SSSR count). The van der Waals surface area contributed by atoms with Crippen molar-refractivity contribution in [2.45, 2.75) is 31.6 Å². The smallest absolute Gasteiger partial charge is 0.129 e. The van der Waals surface area contributed by atoms with Gasteiger partial charge in [-0.2, -0.15) is 0 Å². The SMILES string of the molecule is CCc1cc(C2(CN)CC2)c(F)cc1F.